The molecular weight excluding hydrogens is 745 g/mol. The van der Waals surface area contributed by atoms with Crippen molar-refractivity contribution in [3.8, 4) is 0 Å². The highest BCUT2D eigenvalue weighted by Crippen LogP contribution is 2.18. The van der Waals surface area contributed by atoms with Gasteiger partial charge in [0.05, 0.1) is 0 Å². The summed E-state index contributed by atoms with van der Waals surface area (Å²) >= 11 is 0. The second-order valence-corrected chi connectivity index (χ2v) is 16.9. The first-order valence-electron chi connectivity index (χ1n) is 25.1. The van der Waals surface area contributed by atoms with Gasteiger partial charge < -0.3 is 20.9 Å². The Hall–Kier alpha value is -2.93. The van der Waals surface area contributed by atoms with Crippen LogP contribution in [-0.4, -0.2) is 41.6 Å². The first-order valence-corrected chi connectivity index (χ1v) is 25.1. The number of nitrogens with two attached hydrogens (primary N) is 1. The summed E-state index contributed by atoms with van der Waals surface area (Å²) in [5.41, 5.74) is 5.49. The monoisotopic (exact) mass is 839 g/mol. The number of carboxylic acid groups (broad SMARTS) is 1. The fraction of sp³-hybridized carbons (Fsp3) is 0.755. The Labute approximate surface area is 370 Å². The molecule has 0 aromatic heterocycles. The molecule has 0 rings (SSSR count). The molecule has 346 valence electrons. The Balaban J connectivity index is 4.25. The van der Waals surface area contributed by atoms with Gasteiger partial charge >= 0.3 is 11.9 Å². The van der Waals surface area contributed by atoms with Crippen molar-refractivity contribution in [2.75, 3.05) is 6.54 Å². The maximum absolute atomic E-state index is 12.8. The third-order valence-corrected chi connectivity index (χ3v) is 11.1. The van der Waals surface area contributed by atoms with E-state index in [2.05, 4.69) is 79.9 Å². The molecule has 0 aromatic rings. The quantitative estimate of drug-likeness (QED) is 0.0319. The Morgan fingerprint density at radius 2 is 0.883 bits per heavy atom. The van der Waals surface area contributed by atoms with Crippen molar-refractivity contribution in [2.24, 2.45) is 5.73 Å². The molecule has 0 fully saturated rings. The summed E-state index contributed by atoms with van der Waals surface area (Å²) < 4.78 is 6.04. The third kappa shape index (κ3) is 43.2. The molecule has 0 aliphatic rings. The summed E-state index contributed by atoms with van der Waals surface area (Å²) in [4.78, 5) is 36.5. The van der Waals surface area contributed by atoms with Crippen molar-refractivity contribution in [2.45, 2.75) is 251 Å². The molecule has 0 aromatic carbocycles. The summed E-state index contributed by atoms with van der Waals surface area (Å²) in [5.74, 6) is -1.27. The van der Waals surface area contributed by atoms with E-state index in [1.165, 1.54) is 109 Å². The highest BCUT2D eigenvalue weighted by atomic mass is 16.5. The fourth-order valence-electron chi connectivity index (χ4n) is 7.26. The Kier molecular flexibility index (Phi) is 44.8. The maximum atomic E-state index is 12.8. The van der Waals surface area contributed by atoms with E-state index in [9.17, 15) is 19.5 Å². The molecule has 4 N–H and O–H groups in total. The third-order valence-electron chi connectivity index (χ3n) is 11.1. The lowest BCUT2D eigenvalue weighted by Crippen LogP contribution is -2.40. The summed E-state index contributed by atoms with van der Waals surface area (Å²) in [6.45, 7) is 4.91. The topological polar surface area (TPSA) is 119 Å². The number of hydrogen-bond donors (Lipinski definition) is 3. The number of amides is 1. The molecule has 0 aliphatic carbocycles. The number of allylic oxidation sites excluding steroid dienone is 10. The van der Waals surface area contributed by atoms with Crippen LogP contribution in [-0.2, 0) is 19.1 Å². The van der Waals surface area contributed by atoms with E-state index in [0.29, 0.717) is 32.2 Å². The van der Waals surface area contributed by atoms with Crippen LogP contribution in [0.25, 0.3) is 0 Å². The summed E-state index contributed by atoms with van der Waals surface area (Å²) in [6, 6.07) is -0.864. The molecule has 0 spiro atoms. The molecule has 1 amide bonds. The number of aliphatic carboxylic acids is 1. The van der Waals surface area contributed by atoms with Crippen molar-refractivity contribution >= 4 is 17.8 Å². The van der Waals surface area contributed by atoms with Gasteiger partial charge in [-0.15, -0.1) is 0 Å². The zero-order valence-corrected chi connectivity index (χ0v) is 39.0. The molecular formula is C53H94N2O5. The zero-order valence-electron chi connectivity index (χ0n) is 39.0. The van der Waals surface area contributed by atoms with Crippen molar-refractivity contribution in [3.05, 3.63) is 60.8 Å². The lowest BCUT2D eigenvalue weighted by molar-refractivity contribution is -0.150. The van der Waals surface area contributed by atoms with Crippen molar-refractivity contribution in [3.63, 3.8) is 0 Å². The number of carbonyl (C=O) groups is 3. The number of rotatable bonds is 45. The highest BCUT2D eigenvalue weighted by molar-refractivity contribution is 5.83. The van der Waals surface area contributed by atoms with Gasteiger partial charge in [-0.05, 0) is 122 Å². The molecule has 2 atom stereocenters. The predicted octanol–water partition coefficient (Wildman–Crippen LogP) is 14.9. The van der Waals surface area contributed by atoms with Gasteiger partial charge in [0, 0.05) is 12.8 Å². The van der Waals surface area contributed by atoms with E-state index in [0.717, 1.165) is 89.9 Å². The van der Waals surface area contributed by atoms with Gasteiger partial charge in [0.25, 0.3) is 0 Å². The lowest BCUT2D eigenvalue weighted by atomic mass is 10.0. The average molecular weight is 839 g/mol. The van der Waals surface area contributed by atoms with Gasteiger partial charge in [-0.3, -0.25) is 9.59 Å². The second kappa shape index (κ2) is 47.1. The van der Waals surface area contributed by atoms with Crippen LogP contribution in [0.1, 0.15) is 239 Å². The van der Waals surface area contributed by atoms with Gasteiger partial charge in [0.1, 0.15) is 12.1 Å². The fourth-order valence-corrected chi connectivity index (χ4v) is 7.26. The average Bonchev–Trinajstić information content (AvgIpc) is 3.23. The van der Waals surface area contributed by atoms with Crippen molar-refractivity contribution in [1.82, 2.24) is 5.32 Å². The number of ether oxygens (including phenoxy) is 1. The smallest absolute Gasteiger partial charge is 0.326 e. The van der Waals surface area contributed by atoms with Crippen LogP contribution in [0.2, 0.25) is 0 Å². The zero-order chi connectivity index (χ0) is 43.8. The van der Waals surface area contributed by atoms with Crippen LogP contribution < -0.4 is 11.1 Å². The molecule has 7 nitrogen and oxygen atoms in total. The Morgan fingerprint density at radius 3 is 1.40 bits per heavy atom. The first kappa shape index (κ1) is 57.1. The lowest BCUT2D eigenvalue weighted by Gasteiger charge is -2.18. The van der Waals surface area contributed by atoms with Crippen LogP contribution in [0.15, 0.2) is 60.8 Å². The Morgan fingerprint density at radius 1 is 0.483 bits per heavy atom. The van der Waals surface area contributed by atoms with Gasteiger partial charge in [-0.25, -0.2) is 4.79 Å². The number of hydrogen-bond acceptors (Lipinski definition) is 5. The SMILES string of the molecule is CCCCC/C=C\C/C=C\CCCC(CCCCCCCC(=O)NC(CCCN)C(=O)O)OC(=O)CCCCCCCCCC/C=C\C/C=C\C/C=C\CCCCCCC. The molecule has 2 unspecified atom stereocenters. The molecule has 0 radical (unpaired) electrons. The maximum Gasteiger partial charge on any atom is 0.326 e. The summed E-state index contributed by atoms with van der Waals surface area (Å²) in [7, 11) is 0. The minimum absolute atomic E-state index is 0.0371. The summed E-state index contributed by atoms with van der Waals surface area (Å²) in [6.07, 6.45) is 59.9. The van der Waals surface area contributed by atoms with E-state index in [1.807, 2.05) is 0 Å². The number of carboxylic acids is 1. The number of esters is 1. The minimum Gasteiger partial charge on any atom is -0.480 e. The van der Waals surface area contributed by atoms with Crippen LogP contribution in [0, 0.1) is 0 Å². The van der Waals surface area contributed by atoms with E-state index in [-0.39, 0.29) is 18.0 Å². The molecule has 0 saturated carbocycles. The number of carbonyl (C=O) groups excluding carboxylic acids is 2. The first-order chi connectivity index (χ1) is 29.4. The van der Waals surface area contributed by atoms with Crippen LogP contribution >= 0.6 is 0 Å². The standard InChI is InChI=1S/C53H94N2O5/c1-3-5-7-9-11-13-15-16-17-18-19-20-21-22-23-24-25-26-28-30-32-37-41-47-52(57)60-49(43-38-34-31-29-27-14-12-10-8-6-4-2)44-39-35-33-36-40-46-51(56)55-50(53(58)59)45-42-48-54/h12,14-16,18-19,21-22,29,31,49-50H,3-11,13,17,20,23-28,30,32-48,54H2,1-2H3,(H,55,56)(H,58,59)/b14-12-,16-15-,19-18-,22-21-,31-29-. The molecule has 0 bridgehead atoms. The number of nitrogens with one attached hydrogen (secondary N) is 1. The van der Waals surface area contributed by atoms with Crippen molar-refractivity contribution < 1.29 is 24.2 Å². The largest absolute Gasteiger partial charge is 0.480 e. The minimum atomic E-state index is -1.01. The summed E-state index contributed by atoms with van der Waals surface area (Å²) in [5, 5.41) is 12.0. The van der Waals surface area contributed by atoms with Gasteiger partial charge in [-0.2, -0.15) is 0 Å². The molecule has 0 saturated heterocycles. The van der Waals surface area contributed by atoms with Gasteiger partial charge in [0.2, 0.25) is 5.91 Å². The van der Waals surface area contributed by atoms with Crippen LogP contribution in [0.5, 0.6) is 0 Å². The van der Waals surface area contributed by atoms with E-state index < -0.39 is 12.0 Å². The normalized spacial score (nSPS) is 13.1. The van der Waals surface area contributed by atoms with Crippen LogP contribution in [0.4, 0.5) is 0 Å². The second-order valence-electron chi connectivity index (χ2n) is 16.9. The molecule has 7 heteroatoms. The van der Waals surface area contributed by atoms with Crippen molar-refractivity contribution in [1.29, 1.82) is 0 Å². The van der Waals surface area contributed by atoms with E-state index in [1.54, 1.807) is 0 Å². The van der Waals surface area contributed by atoms with E-state index in [4.69, 9.17) is 10.5 Å². The van der Waals surface area contributed by atoms with Crippen LogP contribution in [0.3, 0.4) is 0 Å². The Bertz CT molecular complexity index is 1130. The molecule has 60 heavy (non-hydrogen) atoms. The predicted molar refractivity (Wildman–Crippen MR) is 257 cm³/mol. The molecule has 0 heterocycles. The van der Waals surface area contributed by atoms with Gasteiger partial charge in [0.15, 0.2) is 0 Å². The molecule has 0 aliphatic heterocycles. The van der Waals surface area contributed by atoms with E-state index >= 15 is 0 Å². The highest BCUT2D eigenvalue weighted by Gasteiger charge is 2.19. The number of unbranched alkanes of at least 4 members (excludes halogenated alkanes) is 21. The van der Waals surface area contributed by atoms with Gasteiger partial charge in [-0.1, -0.05) is 171 Å².